The highest BCUT2D eigenvalue weighted by Crippen LogP contribution is 2.26. The van der Waals surface area contributed by atoms with Gasteiger partial charge < -0.3 is 16.2 Å². The van der Waals surface area contributed by atoms with Crippen molar-refractivity contribution in [3.63, 3.8) is 0 Å². The van der Waals surface area contributed by atoms with Gasteiger partial charge in [-0.1, -0.05) is 19.1 Å². The number of ether oxygens (including phenoxy) is 1. The maximum Gasteiger partial charge on any atom is 0.218 e. The second kappa shape index (κ2) is 7.41. The van der Waals surface area contributed by atoms with Crippen LogP contribution in [-0.2, 0) is 9.59 Å². The Morgan fingerprint density at radius 1 is 1.21 bits per heavy atom. The molecule has 0 atom stereocenters. The quantitative estimate of drug-likeness (QED) is 0.741. The van der Waals surface area contributed by atoms with Crippen LogP contribution in [0.2, 0.25) is 0 Å². The lowest BCUT2D eigenvalue weighted by Gasteiger charge is -2.15. The molecule has 5 heteroatoms. The third kappa shape index (κ3) is 5.42. The molecule has 0 fully saturated rings. The number of hydrogen-bond acceptors (Lipinski definition) is 3. The molecule has 104 valence electrons. The van der Waals surface area contributed by atoms with Gasteiger partial charge in [-0.2, -0.15) is 0 Å². The summed E-state index contributed by atoms with van der Waals surface area (Å²) >= 11 is 0. The minimum atomic E-state index is -0.453. The average Bonchev–Trinajstić information content (AvgIpc) is 2.35. The lowest BCUT2D eigenvalue weighted by atomic mass is 9.92. The fourth-order valence-electron chi connectivity index (χ4n) is 1.87. The number of amides is 2. The molecule has 0 bridgehead atoms. The molecule has 0 aliphatic carbocycles. The van der Waals surface area contributed by atoms with Crippen LogP contribution in [0.25, 0.3) is 0 Å². The Hall–Kier alpha value is -2.04. The lowest BCUT2D eigenvalue weighted by Crippen LogP contribution is -2.21. The summed E-state index contributed by atoms with van der Waals surface area (Å²) in [6.45, 7) is 2.65. The molecule has 0 aliphatic heterocycles. The maximum absolute atomic E-state index is 11.1. The van der Waals surface area contributed by atoms with Crippen molar-refractivity contribution in [2.24, 2.45) is 11.5 Å². The number of primary amides is 2. The average molecular weight is 264 g/mol. The highest BCUT2D eigenvalue weighted by Gasteiger charge is 2.17. The fraction of sp³-hybridized carbons (Fsp3) is 0.429. The topological polar surface area (TPSA) is 95.4 Å². The van der Waals surface area contributed by atoms with Gasteiger partial charge in [0.05, 0.1) is 6.61 Å². The van der Waals surface area contributed by atoms with Crippen molar-refractivity contribution in [3.05, 3.63) is 29.8 Å². The lowest BCUT2D eigenvalue weighted by molar-refractivity contribution is -0.119. The molecule has 1 rings (SSSR count). The summed E-state index contributed by atoms with van der Waals surface area (Å²) in [7, 11) is 0. The van der Waals surface area contributed by atoms with Crippen LogP contribution in [0.4, 0.5) is 0 Å². The van der Waals surface area contributed by atoms with Crippen LogP contribution in [0.1, 0.15) is 37.7 Å². The number of hydrogen-bond donors (Lipinski definition) is 2. The highest BCUT2D eigenvalue weighted by atomic mass is 16.5. The molecule has 0 aliphatic rings. The van der Waals surface area contributed by atoms with Crippen molar-refractivity contribution in [1.82, 2.24) is 0 Å². The smallest absolute Gasteiger partial charge is 0.218 e. The van der Waals surface area contributed by atoms with Gasteiger partial charge in [-0.3, -0.25) is 9.59 Å². The van der Waals surface area contributed by atoms with E-state index in [1.807, 2.05) is 31.2 Å². The predicted molar refractivity (Wildman–Crippen MR) is 72.6 cm³/mol. The van der Waals surface area contributed by atoms with E-state index in [2.05, 4.69) is 0 Å². The molecule has 0 saturated heterocycles. The third-order valence-electron chi connectivity index (χ3n) is 2.70. The molecule has 1 aromatic carbocycles. The molecule has 5 nitrogen and oxygen atoms in total. The van der Waals surface area contributed by atoms with Gasteiger partial charge in [-0.15, -0.1) is 0 Å². The van der Waals surface area contributed by atoms with Gasteiger partial charge in [0.1, 0.15) is 5.75 Å². The van der Waals surface area contributed by atoms with Gasteiger partial charge in [0.25, 0.3) is 0 Å². The molecule has 0 spiro atoms. The molecule has 0 heterocycles. The SMILES string of the molecule is CCCOc1cccc(C(CC(N)=O)CC(N)=O)c1. The first-order valence-corrected chi connectivity index (χ1v) is 6.32. The zero-order valence-electron chi connectivity index (χ0n) is 11.1. The number of nitrogens with two attached hydrogens (primary N) is 2. The first kappa shape index (κ1) is 15.0. The fourth-order valence-corrected chi connectivity index (χ4v) is 1.87. The van der Waals surface area contributed by atoms with E-state index < -0.39 is 11.8 Å². The van der Waals surface area contributed by atoms with Crippen molar-refractivity contribution >= 4 is 11.8 Å². The number of carbonyl (C=O) groups excluding carboxylic acids is 2. The van der Waals surface area contributed by atoms with Crippen molar-refractivity contribution in [1.29, 1.82) is 0 Å². The van der Waals surface area contributed by atoms with Crippen LogP contribution in [0.15, 0.2) is 24.3 Å². The van der Waals surface area contributed by atoms with Crippen LogP contribution >= 0.6 is 0 Å². The second-order valence-corrected chi connectivity index (χ2v) is 4.46. The van der Waals surface area contributed by atoms with E-state index >= 15 is 0 Å². The molecule has 19 heavy (non-hydrogen) atoms. The zero-order chi connectivity index (χ0) is 14.3. The molecular formula is C14H20N2O3. The van der Waals surface area contributed by atoms with Gasteiger partial charge >= 0.3 is 0 Å². The summed E-state index contributed by atoms with van der Waals surface area (Å²) in [6.07, 6.45) is 1.11. The van der Waals surface area contributed by atoms with Crippen molar-refractivity contribution in [2.75, 3.05) is 6.61 Å². The molecule has 1 aromatic rings. The zero-order valence-corrected chi connectivity index (χ0v) is 11.1. The van der Waals surface area contributed by atoms with Gasteiger partial charge in [0.15, 0.2) is 0 Å². The second-order valence-electron chi connectivity index (χ2n) is 4.46. The molecule has 0 saturated carbocycles. The van der Waals surface area contributed by atoms with Gasteiger partial charge in [-0.25, -0.2) is 0 Å². The van der Waals surface area contributed by atoms with Gasteiger partial charge in [0.2, 0.25) is 11.8 Å². The summed E-state index contributed by atoms with van der Waals surface area (Å²) in [4.78, 5) is 22.1. The van der Waals surface area contributed by atoms with Crippen LogP contribution in [0.3, 0.4) is 0 Å². The molecule has 0 aromatic heterocycles. The van der Waals surface area contributed by atoms with Crippen LogP contribution < -0.4 is 16.2 Å². The standard InChI is InChI=1S/C14H20N2O3/c1-2-6-19-12-5-3-4-10(7-12)11(8-13(15)17)9-14(16)18/h3-5,7,11H,2,6,8-9H2,1H3,(H2,15,17)(H2,16,18). The molecular weight excluding hydrogens is 244 g/mol. The summed E-state index contributed by atoms with van der Waals surface area (Å²) in [5, 5.41) is 0. The first-order chi connectivity index (χ1) is 9.02. The van der Waals surface area contributed by atoms with Gasteiger partial charge in [0, 0.05) is 18.8 Å². The maximum atomic E-state index is 11.1. The number of carbonyl (C=O) groups is 2. The van der Waals surface area contributed by atoms with E-state index in [4.69, 9.17) is 16.2 Å². The molecule has 2 amide bonds. The third-order valence-corrected chi connectivity index (χ3v) is 2.70. The molecule has 0 radical (unpaired) electrons. The van der Waals surface area contributed by atoms with E-state index in [9.17, 15) is 9.59 Å². The van der Waals surface area contributed by atoms with Gasteiger partial charge in [-0.05, 0) is 24.1 Å². The molecule has 4 N–H and O–H groups in total. The van der Waals surface area contributed by atoms with Crippen LogP contribution in [-0.4, -0.2) is 18.4 Å². The van der Waals surface area contributed by atoms with Crippen molar-refractivity contribution in [2.45, 2.75) is 32.1 Å². The Kier molecular flexibility index (Phi) is 5.85. The van der Waals surface area contributed by atoms with Crippen LogP contribution in [0.5, 0.6) is 5.75 Å². The molecule has 0 unspecified atom stereocenters. The Morgan fingerprint density at radius 2 is 1.84 bits per heavy atom. The minimum Gasteiger partial charge on any atom is -0.494 e. The Balaban J connectivity index is 2.87. The Bertz CT molecular complexity index is 430. The summed E-state index contributed by atoms with van der Waals surface area (Å²) in [6, 6.07) is 7.33. The summed E-state index contributed by atoms with van der Waals surface area (Å²) in [5.74, 6) is -0.476. The largest absolute Gasteiger partial charge is 0.494 e. The minimum absolute atomic E-state index is 0.0974. The first-order valence-electron chi connectivity index (χ1n) is 6.32. The number of rotatable bonds is 8. The van der Waals surface area contributed by atoms with E-state index in [0.29, 0.717) is 6.61 Å². The van der Waals surface area contributed by atoms with E-state index in [1.54, 1.807) is 0 Å². The Morgan fingerprint density at radius 3 is 2.37 bits per heavy atom. The van der Waals surface area contributed by atoms with Crippen LogP contribution in [0, 0.1) is 0 Å². The van der Waals surface area contributed by atoms with E-state index in [0.717, 1.165) is 17.7 Å². The highest BCUT2D eigenvalue weighted by molar-refractivity contribution is 5.78. The number of benzene rings is 1. The summed E-state index contributed by atoms with van der Waals surface area (Å²) < 4.78 is 5.52. The van der Waals surface area contributed by atoms with Crippen molar-refractivity contribution < 1.29 is 14.3 Å². The normalized spacial score (nSPS) is 10.4. The predicted octanol–water partition coefficient (Wildman–Crippen LogP) is 1.31. The monoisotopic (exact) mass is 264 g/mol. The summed E-state index contributed by atoms with van der Waals surface area (Å²) in [5.41, 5.74) is 11.2. The van der Waals surface area contributed by atoms with Crippen molar-refractivity contribution in [3.8, 4) is 5.75 Å². The van der Waals surface area contributed by atoms with E-state index in [1.165, 1.54) is 0 Å². The van der Waals surface area contributed by atoms with E-state index in [-0.39, 0.29) is 18.8 Å². The Labute approximate surface area is 112 Å².